The van der Waals surface area contributed by atoms with E-state index in [0.717, 1.165) is 25.1 Å². The van der Waals surface area contributed by atoms with Gasteiger partial charge >= 0.3 is 6.18 Å². The highest BCUT2D eigenvalue weighted by molar-refractivity contribution is 5.28. The first-order valence-electron chi connectivity index (χ1n) is 5.96. The molecule has 2 nitrogen and oxygen atoms in total. The van der Waals surface area contributed by atoms with Gasteiger partial charge in [0.1, 0.15) is 0 Å². The number of hydrogen-bond acceptors (Lipinski definition) is 2. The third-order valence-corrected chi connectivity index (χ3v) is 2.76. The minimum atomic E-state index is -4.31. The summed E-state index contributed by atoms with van der Waals surface area (Å²) in [5.41, 5.74) is 5.81. The molecule has 1 atom stereocenters. The van der Waals surface area contributed by atoms with Gasteiger partial charge in [0.15, 0.2) is 0 Å². The second kappa shape index (κ2) is 6.20. The fraction of sp³-hybridized carbons (Fsp3) is 0.538. The van der Waals surface area contributed by atoms with Crippen LogP contribution in [0.1, 0.15) is 30.5 Å². The normalized spacial score (nSPS) is 13.9. The average molecular weight is 260 g/mol. The van der Waals surface area contributed by atoms with Crippen LogP contribution in [0.25, 0.3) is 0 Å². The van der Waals surface area contributed by atoms with Crippen LogP contribution in [0.5, 0.6) is 0 Å². The average Bonchev–Trinajstić information content (AvgIpc) is 2.28. The Morgan fingerprint density at radius 3 is 2.56 bits per heavy atom. The van der Waals surface area contributed by atoms with Crippen LogP contribution < -0.4 is 5.73 Å². The van der Waals surface area contributed by atoms with E-state index in [9.17, 15) is 13.2 Å². The van der Waals surface area contributed by atoms with Gasteiger partial charge in [-0.05, 0) is 37.7 Å². The topological polar surface area (TPSA) is 29.3 Å². The molecule has 0 aliphatic heterocycles. The van der Waals surface area contributed by atoms with Gasteiger partial charge in [-0.1, -0.05) is 19.1 Å². The predicted molar refractivity (Wildman–Crippen MR) is 66.2 cm³/mol. The Labute approximate surface area is 106 Å². The van der Waals surface area contributed by atoms with Crippen LogP contribution in [-0.4, -0.2) is 25.0 Å². The molecule has 1 rings (SSSR count). The molecule has 0 bridgehead atoms. The van der Waals surface area contributed by atoms with E-state index in [0.29, 0.717) is 12.1 Å². The molecule has 0 amide bonds. The molecule has 0 fully saturated rings. The van der Waals surface area contributed by atoms with E-state index in [4.69, 9.17) is 5.73 Å². The van der Waals surface area contributed by atoms with Crippen molar-refractivity contribution < 1.29 is 13.2 Å². The van der Waals surface area contributed by atoms with Crippen molar-refractivity contribution in [1.82, 2.24) is 4.90 Å². The van der Waals surface area contributed by atoms with Gasteiger partial charge in [0.2, 0.25) is 0 Å². The van der Waals surface area contributed by atoms with E-state index in [1.165, 1.54) is 6.07 Å². The monoisotopic (exact) mass is 260 g/mol. The zero-order valence-electron chi connectivity index (χ0n) is 10.7. The molecule has 0 saturated carbocycles. The second-order valence-electron chi connectivity index (χ2n) is 4.49. The van der Waals surface area contributed by atoms with Gasteiger partial charge in [-0.2, -0.15) is 13.2 Å². The Balaban J connectivity index is 2.77. The number of halogens is 3. The molecule has 0 radical (unpaired) electrons. The predicted octanol–water partition coefficient (Wildman–Crippen LogP) is 3.05. The lowest BCUT2D eigenvalue weighted by Crippen LogP contribution is -2.29. The number of alkyl halides is 3. The fourth-order valence-corrected chi connectivity index (χ4v) is 1.86. The van der Waals surface area contributed by atoms with Gasteiger partial charge in [0.05, 0.1) is 5.56 Å². The molecule has 0 heterocycles. The molecule has 0 spiro atoms. The van der Waals surface area contributed by atoms with Gasteiger partial charge in [0.25, 0.3) is 0 Å². The summed E-state index contributed by atoms with van der Waals surface area (Å²) in [4.78, 5) is 2.02. The maximum atomic E-state index is 12.6. The summed E-state index contributed by atoms with van der Waals surface area (Å²) in [7, 11) is 1.91. The maximum absolute atomic E-state index is 12.6. The van der Waals surface area contributed by atoms with Crippen LogP contribution in [-0.2, 0) is 6.18 Å². The van der Waals surface area contributed by atoms with Gasteiger partial charge in [-0.3, -0.25) is 0 Å². The lowest BCUT2D eigenvalue weighted by molar-refractivity contribution is -0.137. The highest BCUT2D eigenvalue weighted by Crippen LogP contribution is 2.30. The summed E-state index contributed by atoms with van der Waals surface area (Å²) in [6.45, 7) is 3.48. The van der Waals surface area contributed by atoms with Crippen molar-refractivity contribution in [3.05, 3.63) is 35.4 Å². The highest BCUT2D eigenvalue weighted by Gasteiger charge is 2.30. The molecule has 0 aliphatic rings. The molecule has 0 saturated heterocycles. The summed E-state index contributed by atoms with van der Waals surface area (Å²) in [6, 6.07) is 4.83. The first kappa shape index (κ1) is 15.0. The lowest BCUT2D eigenvalue weighted by atomic mass is 10.0. The number of likely N-dealkylation sites (N-methyl/N-ethyl adjacent to an activating group) is 1. The van der Waals surface area contributed by atoms with Gasteiger partial charge in [-0.15, -0.1) is 0 Å². The van der Waals surface area contributed by atoms with Crippen molar-refractivity contribution in [2.75, 3.05) is 20.1 Å². The van der Waals surface area contributed by atoms with Crippen molar-refractivity contribution in [1.29, 1.82) is 0 Å². The van der Waals surface area contributed by atoms with E-state index in [1.54, 1.807) is 6.07 Å². The van der Waals surface area contributed by atoms with Gasteiger partial charge in [0, 0.05) is 12.6 Å². The van der Waals surface area contributed by atoms with Crippen LogP contribution >= 0.6 is 0 Å². The number of nitrogens with two attached hydrogens (primary N) is 1. The van der Waals surface area contributed by atoms with E-state index < -0.39 is 17.8 Å². The number of nitrogens with zero attached hydrogens (tertiary/aromatic N) is 1. The molecule has 0 aromatic heterocycles. The summed E-state index contributed by atoms with van der Waals surface area (Å²) < 4.78 is 37.7. The first-order chi connectivity index (χ1) is 8.34. The zero-order chi connectivity index (χ0) is 13.8. The van der Waals surface area contributed by atoms with Crippen molar-refractivity contribution in [3.63, 3.8) is 0 Å². The summed E-state index contributed by atoms with van der Waals surface area (Å²) in [5, 5.41) is 0. The number of rotatable bonds is 5. The molecule has 1 unspecified atom stereocenters. The van der Waals surface area contributed by atoms with Crippen LogP contribution in [0.3, 0.4) is 0 Å². The van der Waals surface area contributed by atoms with Gasteiger partial charge < -0.3 is 10.6 Å². The Kier molecular flexibility index (Phi) is 5.16. The maximum Gasteiger partial charge on any atom is 0.416 e. The zero-order valence-corrected chi connectivity index (χ0v) is 10.7. The molecular weight excluding hydrogens is 241 g/mol. The van der Waals surface area contributed by atoms with Crippen molar-refractivity contribution in [2.45, 2.75) is 25.6 Å². The Hall–Kier alpha value is -1.07. The summed E-state index contributed by atoms with van der Waals surface area (Å²) >= 11 is 0. The lowest BCUT2D eigenvalue weighted by Gasteiger charge is -2.21. The third kappa shape index (κ3) is 4.31. The van der Waals surface area contributed by atoms with Crippen LogP contribution in [0.4, 0.5) is 13.2 Å². The minimum absolute atomic E-state index is 0.399. The summed E-state index contributed by atoms with van der Waals surface area (Å²) in [5.74, 6) is 0. The molecular formula is C13H19F3N2. The first-order valence-corrected chi connectivity index (χ1v) is 5.96. The van der Waals surface area contributed by atoms with Crippen molar-refractivity contribution in [3.8, 4) is 0 Å². The number of hydrogen-bond donors (Lipinski definition) is 1. The van der Waals surface area contributed by atoms with Crippen LogP contribution in [0.2, 0.25) is 0 Å². The van der Waals surface area contributed by atoms with Crippen LogP contribution in [0.15, 0.2) is 24.3 Å². The smallest absolute Gasteiger partial charge is 0.323 e. The molecule has 0 aliphatic carbocycles. The Morgan fingerprint density at radius 1 is 1.33 bits per heavy atom. The minimum Gasteiger partial charge on any atom is -0.323 e. The van der Waals surface area contributed by atoms with Crippen LogP contribution in [0, 0.1) is 0 Å². The van der Waals surface area contributed by atoms with E-state index >= 15 is 0 Å². The van der Waals surface area contributed by atoms with E-state index in [1.807, 2.05) is 18.9 Å². The third-order valence-electron chi connectivity index (χ3n) is 2.76. The molecule has 102 valence electrons. The molecule has 1 aromatic carbocycles. The van der Waals surface area contributed by atoms with Crippen molar-refractivity contribution >= 4 is 0 Å². The second-order valence-corrected chi connectivity index (χ2v) is 4.49. The Bertz CT molecular complexity index is 377. The summed E-state index contributed by atoms with van der Waals surface area (Å²) in [6.07, 6.45) is -3.32. The highest BCUT2D eigenvalue weighted by atomic mass is 19.4. The largest absolute Gasteiger partial charge is 0.416 e. The molecule has 18 heavy (non-hydrogen) atoms. The van der Waals surface area contributed by atoms with E-state index in [-0.39, 0.29) is 0 Å². The standard InChI is InChI=1S/C13H19F3N2/c1-3-7-18(2)9-12(17)10-5-4-6-11(8-10)13(14,15)16/h4-6,8,12H,3,7,9,17H2,1-2H3. The molecule has 1 aromatic rings. The molecule has 5 heteroatoms. The SMILES string of the molecule is CCCN(C)CC(N)c1cccc(C(F)(F)F)c1. The van der Waals surface area contributed by atoms with Gasteiger partial charge in [-0.25, -0.2) is 0 Å². The van der Waals surface area contributed by atoms with Crippen molar-refractivity contribution in [2.24, 2.45) is 5.73 Å². The fourth-order valence-electron chi connectivity index (χ4n) is 1.86. The number of benzene rings is 1. The molecule has 2 N–H and O–H groups in total. The quantitative estimate of drug-likeness (QED) is 0.881. The Morgan fingerprint density at radius 2 is 2.00 bits per heavy atom. The van der Waals surface area contributed by atoms with E-state index in [2.05, 4.69) is 0 Å².